The van der Waals surface area contributed by atoms with Crippen LogP contribution in [0.4, 0.5) is 0 Å². The van der Waals surface area contributed by atoms with E-state index in [4.69, 9.17) is 9.47 Å². The molecule has 2 aromatic rings. The number of methoxy groups -OCH3 is 1. The highest BCUT2D eigenvalue weighted by Gasteiger charge is 2.42. The van der Waals surface area contributed by atoms with Crippen molar-refractivity contribution in [1.82, 2.24) is 30.4 Å². The van der Waals surface area contributed by atoms with Gasteiger partial charge < -0.3 is 25.0 Å². The molecule has 282 valence electrons. The van der Waals surface area contributed by atoms with Crippen molar-refractivity contribution in [2.24, 2.45) is 17.8 Å². The van der Waals surface area contributed by atoms with Gasteiger partial charge in [-0.1, -0.05) is 34.1 Å². The van der Waals surface area contributed by atoms with Gasteiger partial charge in [-0.05, 0) is 57.0 Å². The topological polar surface area (TPSA) is 160 Å². The number of carbonyl (C=O) groups excluding carboxylic acids is 5. The molecule has 13 nitrogen and oxygen atoms in total. The van der Waals surface area contributed by atoms with Crippen LogP contribution in [0.15, 0.2) is 17.0 Å². The zero-order valence-corrected chi connectivity index (χ0v) is 32.5. The van der Waals surface area contributed by atoms with Crippen molar-refractivity contribution in [1.29, 1.82) is 0 Å². The fourth-order valence-electron chi connectivity index (χ4n) is 6.89. The van der Waals surface area contributed by atoms with Gasteiger partial charge in [0.1, 0.15) is 16.7 Å². The minimum atomic E-state index is -0.809. The number of likely N-dealkylation sites (N-methyl/N-ethyl adjacent to an activating group) is 2. The predicted molar refractivity (Wildman–Crippen MR) is 195 cm³/mol. The summed E-state index contributed by atoms with van der Waals surface area (Å²) in [6.45, 7) is 10.8. The number of ether oxygens (including phenoxy) is 2. The van der Waals surface area contributed by atoms with E-state index in [2.05, 4.69) is 32.4 Å². The summed E-state index contributed by atoms with van der Waals surface area (Å²) in [6.07, 6.45) is 6.54. The van der Waals surface area contributed by atoms with E-state index in [0.29, 0.717) is 17.8 Å². The molecule has 1 aliphatic carbocycles. The second-order valence-electron chi connectivity index (χ2n) is 14.1. The molecule has 2 fully saturated rings. The van der Waals surface area contributed by atoms with Crippen molar-refractivity contribution < 1.29 is 33.4 Å². The average molecular weight is 747 g/mol. The van der Waals surface area contributed by atoms with Crippen LogP contribution in [0.5, 0.6) is 0 Å². The summed E-state index contributed by atoms with van der Waals surface area (Å²) in [7, 11) is 3.08. The Morgan fingerprint density at radius 1 is 1.06 bits per heavy atom. The number of hydrogen-bond acceptors (Lipinski definition) is 12. The van der Waals surface area contributed by atoms with Crippen LogP contribution in [-0.4, -0.2) is 101 Å². The molecule has 1 aliphatic heterocycles. The smallest absolute Gasteiger partial charge is 0.308 e. The highest BCUT2D eigenvalue weighted by molar-refractivity contribution is 7.10. The van der Waals surface area contributed by atoms with Gasteiger partial charge in [-0.15, -0.1) is 22.7 Å². The van der Waals surface area contributed by atoms with Crippen LogP contribution in [0.2, 0.25) is 0 Å². The third-order valence-corrected chi connectivity index (χ3v) is 11.6. The lowest BCUT2D eigenvalue weighted by atomic mass is 9.95. The first kappa shape index (κ1) is 40.3. The number of nitrogens with zero attached hydrogens (tertiary/aromatic N) is 4. The third-order valence-electron chi connectivity index (χ3n) is 9.87. The molecule has 2 aliphatic rings. The van der Waals surface area contributed by atoms with Crippen LogP contribution >= 0.6 is 22.7 Å². The van der Waals surface area contributed by atoms with E-state index >= 15 is 0 Å². The van der Waals surface area contributed by atoms with Crippen molar-refractivity contribution in [3.05, 3.63) is 32.7 Å². The van der Waals surface area contributed by atoms with Crippen LogP contribution in [0.25, 0.3) is 0 Å². The maximum atomic E-state index is 14.1. The van der Waals surface area contributed by atoms with Crippen LogP contribution in [-0.2, 0) is 35.1 Å². The van der Waals surface area contributed by atoms with E-state index in [1.165, 1.54) is 36.7 Å². The van der Waals surface area contributed by atoms with Gasteiger partial charge in [-0.2, -0.15) is 0 Å². The summed E-state index contributed by atoms with van der Waals surface area (Å²) < 4.78 is 10.7. The molecular weight excluding hydrogens is 693 g/mol. The summed E-state index contributed by atoms with van der Waals surface area (Å²) >= 11 is 2.67. The van der Waals surface area contributed by atoms with Crippen molar-refractivity contribution in [3.63, 3.8) is 0 Å². The standard InChI is InChI=1S/C36H54N6O7S2/c1-8-42-15-10-9-11-27(42)33(45)40-31(24-12-13-24)35(46)41(6)28(21(2)3)19-29(49-23(5)43)34-39-26(20-51-34)32(44)38-25(17-22(4)36(47)48-7)18-30-37-14-16-50-30/h14,16,20-22,24-25,27-29,31H,8-13,15,17-19H2,1-7H3,(H,38,44)(H,40,45)/t22-,25+,27+,28+,29+,31-/m0/s1. The zero-order chi connectivity index (χ0) is 37.2. The van der Waals surface area contributed by atoms with E-state index in [1.54, 1.807) is 30.4 Å². The SMILES string of the molecule is CCN1CCCC[C@@H]1C(=O)N[C@H](C(=O)N(C)[C@H](C[C@@H](OC(C)=O)c1nc(C(=O)N[C@@H](Cc2nccs2)C[C@H](C)C(=O)OC)cs1)C(C)C)C1CC1. The fourth-order valence-corrected chi connectivity index (χ4v) is 8.42. The van der Waals surface area contributed by atoms with Crippen LogP contribution in [0, 0.1) is 17.8 Å². The van der Waals surface area contributed by atoms with Gasteiger partial charge in [-0.25, -0.2) is 9.97 Å². The monoisotopic (exact) mass is 746 g/mol. The Morgan fingerprint density at radius 3 is 2.41 bits per heavy atom. The number of esters is 2. The lowest BCUT2D eigenvalue weighted by Gasteiger charge is -2.37. The Labute approximate surface area is 309 Å². The number of likely N-dealkylation sites (tertiary alicyclic amines) is 1. The lowest BCUT2D eigenvalue weighted by molar-refractivity contribution is -0.149. The van der Waals surface area contributed by atoms with E-state index in [-0.39, 0.29) is 53.8 Å². The summed E-state index contributed by atoms with van der Waals surface area (Å²) in [5.74, 6) is -1.91. The number of nitrogens with one attached hydrogen (secondary N) is 2. The summed E-state index contributed by atoms with van der Waals surface area (Å²) in [6, 6.07) is -1.61. The first-order valence-corrected chi connectivity index (χ1v) is 19.8. The number of hydrogen-bond donors (Lipinski definition) is 2. The van der Waals surface area contributed by atoms with Gasteiger partial charge in [0, 0.05) is 55.9 Å². The Hall–Kier alpha value is -3.43. The van der Waals surface area contributed by atoms with E-state index < -0.39 is 36.0 Å². The summed E-state index contributed by atoms with van der Waals surface area (Å²) in [4.78, 5) is 78.4. The molecule has 2 N–H and O–H groups in total. The Morgan fingerprint density at radius 2 is 1.80 bits per heavy atom. The molecule has 0 radical (unpaired) electrons. The number of rotatable bonds is 18. The van der Waals surface area contributed by atoms with Crippen molar-refractivity contribution in [3.8, 4) is 0 Å². The van der Waals surface area contributed by atoms with Gasteiger partial charge >= 0.3 is 11.9 Å². The largest absolute Gasteiger partial charge is 0.469 e. The predicted octanol–water partition coefficient (Wildman–Crippen LogP) is 4.39. The van der Waals surface area contributed by atoms with E-state index in [1.807, 2.05) is 19.2 Å². The average Bonchev–Trinajstić information content (AvgIpc) is 3.58. The minimum absolute atomic E-state index is 0.0207. The molecule has 3 amide bonds. The molecule has 0 spiro atoms. The molecule has 0 bridgehead atoms. The molecule has 51 heavy (non-hydrogen) atoms. The Bertz CT molecular complexity index is 1480. The maximum Gasteiger partial charge on any atom is 0.308 e. The van der Waals surface area contributed by atoms with Crippen molar-refractivity contribution in [2.75, 3.05) is 27.2 Å². The minimum Gasteiger partial charge on any atom is -0.469 e. The quantitative estimate of drug-likeness (QED) is 0.210. The van der Waals surface area contributed by atoms with Crippen molar-refractivity contribution >= 4 is 52.3 Å². The fraction of sp³-hybridized carbons (Fsp3) is 0.694. The first-order chi connectivity index (χ1) is 24.3. The molecule has 2 aromatic heterocycles. The second kappa shape index (κ2) is 18.9. The number of amides is 3. The van der Waals surface area contributed by atoms with Gasteiger partial charge in [0.25, 0.3) is 5.91 Å². The second-order valence-corrected chi connectivity index (χ2v) is 16.0. The lowest BCUT2D eigenvalue weighted by Crippen LogP contribution is -2.57. The molecule has 0 aromatic carbocycles. The summed E-state index contributed by atoms with van der Waals surface area (Å²) in [5, 5.41) is 10.9. The van der Waals surface area contributed by atoms with E-state index in [0.717, 1.165) is 50.2 Å². The molecule has 1 saturated carbocycles. The molecular formula is C36H54N6O7S2. The van der Waals surface area contributed by atoms with Crippen LogP contribution < -0.4 is 10.6 Å². The van der Waals surface area contributed by atoms with E-state index in [9.17, 15) is 24.0 Å². The van der Waals surface area contributed by atoms with Gasteiger partial charge in [-0.3, -0.25) is 28.9 Å². The first-order valence-electron chi connectivity index (χ1n) is 18.0. The number of carbonyl (C=O) groups is 5. The molecule has 6 atom stereocenters. The number of piperidine rings is 1. The molecule has 1 saturated heterocycles. The number of thiazole rings is 2. The highest BCUT2D eigenvalue weighted by atomic mass is 32.1. The zero-order valence-electron chi connectivity index (χ0n) is 30.9. The maximum absolute atomic E-state index is 14.1. The number of aromatic nitrogens is 2. The Kier molecular flexibility index (Phi) is 14.9. The molecule has 15 heteroatoms. The third kappa shape index (κ3) is 11.3. The molecule has 3 heterocycles. The van der Waals surface area contributed by atoms with Gasteiger partial charge in [0.05, 0.1) is 24.1 Å². The Balaban J connectivity index is 1.48. The van der Waals surface area contributed by atoms with Crippen LogP contribution in [0.1, 0.15) is 106 Å². The highest BCUT2D eigenvalue weighted by Crippen LogP contribution is 2.36. The van der Waals surface area contributed by atoms with Gasteiger partial charge in [0.2, 0.25) is 11.8 Å². The van der Waals surface area contributed by atoms with Crippen molar-refractivity contribution in [2.45, 2.75) is 116 Å². The van der Waals surface area contributed by atoms with Gasteiger partial charge in [0.15, 0.2) is 6.10 Å². The summed E-state index contributed by atoms with van der Waals surface area (Å²) in [5.41, 5.74) is 0.160. The molecule has 0 unspecified atom stereocenters. The normalized spacial score (nSPS) is 19.3. The molecule has 4 rings (SSSR count). The van der Waals surface area contributed by atoms with Crippen LogP contribution in [0.3, 0.4) is 0 Å².